The molecule has 0 saturated carbocycles. The Morgan fingerprint density at radius 3 is 2.37 bits per heavy atom. The Bertz CT molecular complexity index is 1160. The lowest BCUT2D eigenvalue weighted by Crippen LogP contribution is -2.45. The molecule has 0 spiro atoms. The van der Waals surface area contributed by atoms with E-state index < -0.39 is 0 Å². The highest BCUT2D eigenvalue weighted by Crippen LogP contribution is 2.25. The predicted molar refractivity (Wildman–Crippen MR) is 140 cm³/mol. The molecular weight excluding hydrogens is 462 g/mol. The third-order valence-corrected chi connectivity index (χ3v) is 6.55. The molecule has 0 aliphatic carbocycles. The Balaban J connectivity index is 1.32. The van der Waals surface area contributed by atoms with Crippen molar-refractivity contribution in [1.82, 2.24) is 10.6 Å². The number of para-hydroxylation sites is 2. The van der Waals surface area contributed by atoms with Gasteiger partial charge in [0.25, 0.3) is 11.8 Å². The second kappa shape index (κ2) is 11.8. The number of piperidine rings is 1. The zero-order valence-corrected chi connectivity index (χ0v) is 20.6. The van der Waals surface area contributed by atoms with Gasteiger partial charge in [-0.15, -0.1) is 0 Å². The van der Waals surface area contributed by atoms with Crippen molar-refractivity contribution in [3.05, 3.63) is 94.5 Å². The highest BCUT2D eigenvalue weighted by Gasteiger charge is 2.24. The Morgan fingerprint density at radius 2 is 1.63 bits per heavy atom. The van der Waals surface area contributed by atoms with E-state index in [0.717, 1.165) is 42.9 Å². The molecule has 2 N–H and O–H groups in total. The molecule has 4 rings (SSSR count). The fourth-order valence-electron chi connectivity index (χ4n) is 4.39. The zero-order chi connectivity index (χ0) is 24.6. The van der Waals surface area contributed by atoms with Gasteiger partial charge in [0.1, 0.15) is 5.75 Å². The number of anilines is 1. The van der Waals surface area contributed by atoms with E-state index in [1.807, 2.05) is 48.5 Å². The molecule has 6 nitrogen and oxygen atoms in total. The second-order valence-electron chi connectivity index (χ2n) is 8.58. The van der Waals surface area contributed by atoms with E-state index >= 15 is 0 Å². The highest BCUT2D eigenvalue weighted by atomic mass is 35.5. The first-order valence-corrected chi connectivity index (χ1v) is 12.2. The third kappa shape index (κ3) is 6.34. The first kappa shape index (κ1) is 24.6. The molecule has 1 fully saturated rings. The number of hydrogen-bond acceptors (Lipinski definition) is 4. The maximum Gasteiger partial charge on any atom is 0.253 e. The number of methoxy groups -OCH3 is 1. The van der Waals surface area contributed by atoms with Gasteiger partial charge in [0, 0.05) is 41.9 Å². The topological polar surface area (TPSA) is 70.7 Å². The number of rotatable bonds is 8. The highest BCUT2D eigenvalue weighted by molar-refractivity contribution is 6.30. The summed E-state index contributed by atoms with van der Waals surface area (Å²) in [5.41, 5.74) is 3.25. The summed E-state index contributed by atoms with van der Waals surface area (Å²) < 4.78 is 5.40. The molecule has 7 heteroatoms. The maximum atomic E-state index is 13.0. The maximum absolute atomic E-state index is 13.0. The van der Waals surface area contributed by atoms with Gasteiger partial charge < -0.3 is 20.3 Å². The monoisotopic (exact) mass is 491 g/mol. The summed E-state index contributed by atoms with van der Waals surface area (Å²) in [6.45, 7) is 2.04. The van der Waals surface area contributed by atoms with Crippen LogP contribution in [0.4, 0.5) is 5.69 Å². The summed E-state index contributed by atoms with van der Waals surface area (Å²) >= 11 is 5.92. The molecule has 1 heterocycles. The van der Waals surface area contributed by atoms with Crippen LogP contribution in [0.3, 0.4) is 0 Å². The minimum absolute atomic E-state index is 0.0880. The molecule has 0 radical (unpaired) electrons. The number of hydrogen-bond donors (Lipinski definition) is 2. The molecule has 0 atom stereocenters. The van der Waals surface area contributed by atoms with Gasteiger partial charge in [0.2, 0.25) is 0 Å². The standard InChI is InChI=1S/C28H30ClN3O3/c1-35-26-9-5-2-6-20(26)14-17-30-28(34)24-7-3-4-8-25(24)32-18-15-23(16-19-32)31-27(33)21-10-12-22(29)13-11-21/h2-13,23H,14-19H2,1H3,(H,30,34)(H,31,33). The smallest absolute Gasteiger partial charge is 0.253 e. The molecule has 35 heavy (non-hydrogen) atoms. The van der Waals surface area contributed by atoms with Crippen molar-refractivity contribution in [2.24, 2.45) is 0 Å². The predicted octanol–water partition coefficient (Wildman–Crippen LogP) is 4.72. The number of nitrogens with zero attached hydrogens (tertiary/aromatic N) is 1. The average Bonchev–Trinajstić information content (AvgIpc) is 2.89. The fraction of sp³-hybridized carbons (Fsp3) is 0.286. The van der Waals surface area contributed by atoms with Crippen LogP contribution in [0.1, 0.15) is 39.1 Å². The average molecular weight is 492 g/mol. The van der Waals surface area contributed by atoms with Crippen LogP contribution in [0, 0.1) is 0 Å². The lowest BCUT2D eigenvalue weighted by atomic mass is 10.0. The van der Waals surface area contributed by atoms with Crippen LogP contribution in [0.2, 0.25) is 5.02 Å². The number of ether oxygens (including phenoxy) is 1. The van der Waals surface area contributed by atoms with E-state index in [0.29, 0.717) is 29.1 Å². The van der Waals surface area contributed by atoms with Crippen LogP contribution in [0.25, 0.3) is 0 Å². The first-order valence-electron chi connectivity index (χ1n) is 11.9. The van der Waals surface area contributed by atoms with Gasteiger partial charge in [-0.05, 0) is 67.3 Å². The Kier molecular flexibility index (Phi) is 8.27. The van der Waals surface area contributed by atoms with Crippen molar-refractivity contribution in [2.75, 3.05) is 31.6 Å². The summed E-state index contributed by atoms with van der Waals surface area (Å²) in [6.07, 6.45) is 2.31. The summed E-state index contributed by atoms with van der Waals surface area (Å²) in [6, 6.07) is 22.5. The lowest BCUT2D eigenvalue weighted by molar-refractivity contribution is 0.0929. The molecule has 0 unspecified atom stereocenters. The van der Waals surface area contributed by atoms with Crippen LogP contribution >= 0.6 is 11.6 Å². The minimum atomic E-state index is -0.0892. The normalized spacial score (nSPS) is 13.8. The van der Waals surface area contributed by atoms with Crippen LogP contribution in [-0.4, -0.2) is 44.6 Å². The van der Waals surface area contributed by atoms with Crippen molar-refractivity contribution in [3.8, 4) is 5.75 Å². The Labute approximate surface area is 211 Å². The number of amides is 2. The molecule has 1 aliphatic rings. The molecule has 1 saturated heterocycles. The van der Waals surface area contributed by atoms with Gasteiger partial charge in [0.15, 0.2) is 0 Å². The first-order chi connectivity index (χ1) is 17.0. The molecule has 3 aromatic carbocycles. The van der Waals surface area contributed by atoms with Gasteiger partial charge in [-0.3, -0.25) is 9.59 Å². The van der Waals surface area contributed by atoms with Gasteiger partial charge in [-0.2, -0.15) is 0 Å². The Hall–Kier alpha value is -3.51. The van der Waals surface area contributed by atoms with Crippen molar-refractivity contribution in [2.45, 2.75) is 25.3 Å². The van der Waals surface area contributed by atoms with Crippen molar-refractivity contribution in [3.63, 3.8) is 0 Å². The zero-order valence-electron chi connectivity index (χ0n) is 19.8. The van der Waals surface area contributed by atoms with Gasteiger partial charge in [-0.25, -0.2) is 0 Å². The molecule has 182 valence electrons. The van der Waals surface area contributed by atoms with E-state index in [4.69, 9.17) is 16.3 Å². The van der Waals surface area contributed by atoms with Crippen LogP contribution in [-0.2, 0) is 6.42 Å². The number of halogens is 1. The summed E-state index contributed by atoms with van der Waals surface area (Å²) in [5, 5.41) is 6.77. The summed E-state index contributed by atoms with van der Waals surface area (Å²) in [4.78, 5) is 27.8. The quantitative estimate of drug-likeness (QED) is 0.478. The molecule has 0 bridgehead atoms. The summed E-state index contributed by atoms with van der Waals surface area (Å²) in [5.74, 6) is 0.650. The van der Waals surface area contributed by atoms with Crippen LogP contribution < -0.4 is 20.3 Å². The number of carbonyl (C=O) groups is 2. The fourth-order valence-corrected chi connectivity index (χ4v) is 4.52. The van der Waals surface area contributed by atoms with Crippen molar-refractivity contribution >= 4 is 29.1 Å². The number of nitrogens with one attached hydrogen (secondary N) is 2. The van der Waals surface area contributed by atoms with E-state index in [9.17, 15) is 9.59 Å². The molecule has 1 aliphatic heterocycles. The SMILES string of the molecule is COc1ccccc1CCNC(=O)c1ccccc1N1CCC(NC(=O)c2ccc(Cl)cc2)CC1. The molecule has 0 aromatic heterocycles. The van der Waals surface area contributed by atoms with Crippen molar-refractivity contribution in [1.29, 1.82) is 0 Å². The van der Waals surface area contributed by atoms with Crippen LogP contribution in [0.5, 0.6) is 5.75 Å². The third-order valence-electron chi connectivity index (χ3n) is 6.30. The van der Waals surface area contributed by atoms with Crippen molar-refractivity contribution < 1.29 is 14.3 Å². The van der Waals surface area contributed by atoms with Gasteiger partial charge in [0.05, 0.1) is 12.7 Å². The molecule has 2 amide bonds. The number of benzene rings is 3. The van der Waals surface area contributed by atoms with E-state index in [1.165, 1.54) is 0 Å². The number of carbonyl (C=O) groups excluding carboxylic acids is 2. The largest absolute Gasteiger partial charge is 0.496 e. The summed E-state index contributed by atoms with van der Waals surface area (Å²) in [7, 11) is 1.65. The van der Waals surface area contributed by atoms with E-state index in [1.54, 1.807) is 31.4 Å². The van der Waals surface area contributed by atoms with E-state index in [2.05, 4.69) is 15.5 Å². The Morgan fingerprint density at radius 1 is 0.943 bits per heavy atom. The van der Waals surface area contributed by atoms with Gasteiger partial charge >= 0.3 is 0 Å². The second-order valence-corrected chi connectivity index (χ2v) is 9.01. The van der Waals surface area contributed by atoms with Gasteiger partial charge in [-0.1, -0.05) is 41.9 Å². The molecule has 3 aromatic rings. The van der Waals surface area contributed by atoms with E-state index in [-0.39, 0.29) is 17.9 Å². The molecular formula is C28H30ClN3O3. The lowest BCUT2D eigenvalue weighted by Gasteiger charge is -2.35. The minimum Gasteiger partial charge on any atom is -0.496 e. The van der Waals surface area contributed by atoms with Crippen LogP contribution in [0.15, 0.2) is 72.8 Å².